The van der Waals surface area contributed by atoms with Crippen LogP contribution in [-0.4, -0.2) is 38.8 Å². The fourth-order valence-corrected chi connectivity index (χ4v) is 3.67. The molecule has 3 aromatic rings. The monoisotopic (exact) mass is 365 g/mol. The van der Waals surface area contributed by atoms with E-state index in [1.54, 1.807) is 19.2 Å². The molecule has 2 heterocycles. The van der Waals surface area contributed by atoms with Gasteiger partial charge in [0.1, 0.15) is 0 Å². The van der Waals surface area contributed by atoms with Crippen molar-refractivity contribution in [2.75, 3.05) is 12.4 Å². The number of aliphatic hydroxyl groups excluding tert-OH is 1. The van der Waals surface area contributed by atoms with Crippen molar-refractivity contribution in [1.29, 1.82) is 0 Å². The molecule has 0 radical (unpaired) electrons. The summed E-state index contributed by atoms with van der Waals surface area (Å²) in [5.41, 5.74) is 3.31. The van der Waals surface area contributed by atoms with Gasteiger partial charge in [0.15, 0.2) is 5.65 Å². The molecule has 4 rings (SSSR count). The van der Waals surface area contributed by atoms with Crippen LogP contribution in [-0.2, 0) is 6.42 Å². The molecule has 0 spiro atoms. The van der Waals surface area contributed by atoms with E-state index in [0.29, 0.717) is 17.4 Å². The number of carbonyl (C=O) groups excluding carboxylic acids is 1. The minimum absolute atomic E-state index is 0.117. The zero-order valence-electron chi connectivity index (χ0n) is 15.2. The van der Waals surface area contributed by atoms with E-state index in [1.165, 1.54) is 0 Å². The molecule has 0 aliphatic heterocycles. The lowest BCUT2D eigenvalue weighted by molar-refractivity contribution is 0.0963. The molecule has 1 aliphatic carbocycles. The van der Waals surface area contributed by atoms with Crippen LogP contribution in [0, 0.1) is 5.92 Å². The number of benzene rings is 1. The maximum absolute atomic E-state index is 11.6. The summed E-state index contributed by atoms with van der Waals surface area (Å²) in [6, 6.07) is 13.2. The predicted octanol–water partition coefficient (Wildman–Crippen LogP) is 2.54. The second-order valence-electron chi connectivity index (χ2n) is 7.04. The Morgan fingerprint density at radius 1 is 1.22 bits per heavy atom. The normalized spacial score (nSPS) is 19.3. The lowest BCUT2D eigenvalue weighted by Gasteiger charge is -2.10. The standard InChI is InChI=1S/C20H23N5O2/c1-21-19(27)14-6-8-15(9-7-14)22-20-23-18-4-2-3-16(25(18)24-20)11-13-5-10-17(26)12-13/h2-4,6-9,13,17,26H,5,10-12H2,1H3,(H,21,27)(H,22,24). The third kappa shape index (κ3) is 3.78. The van der Waals surface area contributed by atoms with Crippen LogP contribution in [0.2, 0.25) is 0 Å². The van der Waals surface area contributed by atoms with E-state index >= 15 is 0 Å². The number of anilines is 2. The second kappa shape index (κ2) is 7.36. The van der Waals surface area contributed by atoms with E-state index in [1.807, 2.05) is 28.8 Å². The zero-order chi connectivity index (χ0) is 18.8. The van der Waals surface area contributed by atoms with Crippen molar-refractivity contribution in [2.24, 2.45) is 5.92 Å². The van der Waals surface area contributed by atoms with Gasteiger partial charge in [0, 0.05) is 24.0 Å². The molecular formula is C20H23N5O2. The Morgan fingerprint density at radius 3 is 2.74 bits per heavy atom. The van der Waals surface area contributed by atoms with Crippen LogP contribution in [0.3, 0.4) is 0 Å². The topological polar surface area (TPSA) is 91.5 Å². The Balaban J connectivity index is 1.53. The summed E-state index contributed by atoms with van der Waals surface area (Å²) in [5.74, 6) is 0.888. The summed E-state index contributed by atoms with van der Waals surface area (Å²) in [4.78, 5) is 16.2. The maximum Gasteiger partial charge on any atom is 0.251 e. The molecule has 140 valence electrons. The molecule has 1 saturated carbocycles. The van der Waals surface area contributed by atoms with Gasteiger partial charge in [-0.1, -0.05) is 6.07 Å². The van der Waals surface area contributed by atoms with Crippen LogP contribution in [0.4, 0.5) is 11.6 Å². The van der Waals surface area contributed by atoms with Gasteiger partial charge in [-0.05, 0) is 68.0 Å². The molecule has 2 unspecified atom stereocenters. The maximum atomic E-state index is 11.6. The first-order valence-corrected chi connectivity index (χ1v) is 9.24. The molecule has 27 heavy (non-hydrogen) atoms. The molecule has 7 nitrogen and oxygen atoms in total. The Labute approximate surface area is 157 Å². The Bertz CT molecular complexity index is 951. The van der Waals surface area contributed by atoms with Crippen molar-refractivity contribution in [3.8, 4) is 0 Å². The first-order valence-electron chi connectivity index (χ1n) is 9.24. The highest BCUT2D eigenvalue weighted by molar-refractivity contribution is 5.94. The Morgan fingerprint density at radius 2 is 2.04 bits per heavy atom. The molecule has 0 bridgehead atoms. The van der Waals surface area contributed by atoms with Crippen LogP contribution >= 0.6 is 0 Å². The van der Waals surface area contributed by atoms with Crippen LogP contribution < -0.4 is 10.6 Å². The third-order valence-electron chi connectivity index (χ3n) is 5.08. The molecular weight excluding hydrogens is 342 g/mol. The SMILES string of the molecule is CNC(=O)c1ccc(Nc2nc3cccc(CC4CCC(O)C4)n3n2)cc1. The molecule has 2 aromatic heterocycles. The van der Waals surface area contributed by atoms with Crippen LogP contribution in [0.25, 0.3) is 5.65 Å². The average molecular weight is 365 g/mol. The minimum atomic E-state index is -0.167. The smallest absolute Gasteiger partial charge is 0.251 e. The summed E-state index contributed by atoms with van der Waals surface area (Å²) in [5, 5.41) is 20.1. The van der Waals surface area contributed by atoms with Gasteiger partial charge in [-0.3, -0.25) is 4.79 Å². The lowest BCUT2D eigenvalue weighted by Crippen LogP contribution is -2.17. The summed E-state index contributed by atoms with van der Waals surface area (Å²) in [7, 11) is 1.61. The van der Waals surface area contributed by atoms with Crippen molar-refractivity contribution in [3.05, 3.63) is 53.7 Å². The largest absolute Gasteiger partial charge is 0.393 e. The van der Waals surface area contributed by atoms with Gasteiger partial charge in [-0.15, -0.1) is 5.10 Å². The number of pyridine rings is 1. The number of fused-ring (bicyclic) bond motifs is 1. The number of nitrogens with one attached hydrogen (secondary N) is 2. The van der Waals surface area contributed by atoms with Crippen LogP contribution in [0.1, 0.15) is 35.3 Å². The third-order valence-corrected chi connectivity index (χ3v) is 5.08. The summed E-state index contributed by atoms with van der Waals surface area (Å²) in [6.07, 6.45) is 3.51. The first-order chi connectivity index (χ1) is 13.1. The van der Waals surface area contributed by atoms with Crippen molar-refractivity contribution >= 4 is 23.2 Å². The number of nitrogens with zero attached hydrogens (tertiary/aromatic N) is 3. The molecule has 2 atom stereocenters. The number of aromatic nitrogens is 3. The molecule has 1 aromatic carbocycles. The Kier molecular flexibility index (Phi) is 4.77. The number of aliphatic hydroxyl groups is 1. The summed E-state index contributed by atoms with van der Waals surface area (Å²) >= 11 is 0. The van der Waals surface area contributed by atoms with E-state index in [2.05, 4.69) is 26.8 Å². The van der Waals surface area contributed by atoms with Gasteiger partial charge in [-0.25, -0.2) is 4.52 Å². The highest BCUT2D eigenvalue weighted by Gasteiger charge is 2.24. The highest BCUT2D eigenvalue weighted by Crippen LogP contribution is 2.28. The lowest BCUT2D eigenvalue weighted by atomic mass is 10.0. The highest BCUT2D eigenvalue weighted by atomic mass is 16.3. The van der Waals surface area contributed by atoms with Gasteiger partial charge in [0.25, 0.3) is 5.91 Å². The quantitative estimate of drug-likeness (QED) is 0.646. The van der Waals surface area contributed by atoms with Gasteiger partial charge in [-0.2, -0.15) is 4.98 Å². The van der Waals surface area contributed by atoms with Gasteiger partial charge in [0.05, 0.1) is 6.10 Å². The number of carbonyl (C=O) groups is 1. The van der Waals surface area contributed by atoms with E-state index in [9.17, 15) is 9.90 Å². The molecule has 1 amide bonds. The van der Waals surface area contributed by atoms with Crippen molar-refractivity contribution in [2.45, 2.75) is 31.8 Å². The fraction of sp³-hybridized carbons (Fsp3) is 0.350. The number of hydrogen-bond acceptors (Lipinski definition) is 5. The number of hydrogen-bond donors (Lipinski definition) is 3. The summed E-state index contributed by atoms with van der Waals surface area (Å²) in [6.45, 7) is 0. The molecule has 0 saturated heterocycles. The number of amides is 1. The zero-order valence-corrected chi connectivity index (χ0v) is 15.2. The first kappa shape index (κ1) is 17.5. The van der Waals surface area contributed by atoms with Crippen molar-refractivity contribution in [3.63, 3.8) is 0 Å². The molecule has 3 N–H and O–H groups in total. The second-order valence-corrected chi connectivity index (χ2v) is 7.04. The van der Waals surface area contributed by atoms with Crippen molar-refractivity contribution in [1.82, 2.24) is 19.9 Å². The van der Waals surface area contributed by atoms with E-state index in [4.69, 9.17) is 0 Å². The van der Waals surface area contributed by atoms with Gasteiger partial charge in [0.2, 0.25) is 5.95 Å². The van der Waals surface area contributed by atoms with Crippen LogP contribution in [0.15, 0.2) is 42.5 Å². The van der Waals surface area contributed by atoms with Gasteiger partial charge < -0.3 is 15.7 Å². The minimum Gasteiger partial charge on any atom is -0.393 e. The van der Waals surface area contributed by atoms with E-state index in [-0.39, 0.29) is 12.0 Å². The molecule has 1 fully saturated rings. The van der Waals surface area contributed by atoms with E-state index in [0.717, 1.165) is 42.7 Å². The average Bonchev–Trinajstić information content (AvgIpc) is 3.28. The predicted molar refractivity (Wildman–Crippen MR) is 103 cm³/mol. The Hall–Kier alpha value is -2.93. The van der Waals surface area contributed by atoms with E-state index < -0.39 is 0 Å². The van der Waals surface area contributed by atoms with Crippen LogP contribution in [0.5, 0.6) is 0 Å². The molecule has 7 heteroatoms. The van der Waals surface area contributed by atoms with Crippen molar-refractivity contribution < 1.29 is 9.90 Å². The van der Waals surface area contributed by atoms with Gasteiger partial charge >= 0.3 is 0 Å². The molecule has 1 aliphatic rings. The fourth-order valence-electron chi connectivity index (χ4n) is 3.67. The summed E-state index contributed by atoms with van der Waals surface area (Å²) < 4.78 is 1.87. The number of rotatable bonds is 5.